The van der Waals surface area contributed by atoms with Crippen LogP contribution in [0, 0.1) is 10.1 Å². The minimum atomic E-state index is -0.550. The van der Waals surface area contributed by atoms with E-state index in [0.29, 0.717) is 12.0 Å². The molecule has 6 nitrogen and oxygen atoms in total. The molecule has 0 aliphatic carbocycles. The molecule has 0 aliphatic heterocycles. The quantitative estimate of drug-likeness (QED) is 0.612. The fourth-order valence-electron chi connectivity index (χ4n) is 1.50. The van der Waals surface area contributed by atoms with Crippen LogP contribution in [0.3, 0.4) is 0 Å². The Hall–Kier alpha value is -1.95. The van der Waals surface area contributed by atoms with E-state index in [1.807, 2.05) is 6.92 Å². The highest BCUT2D eigenvalue weighted by atomic mass is 16.6. The van der Waals surface area contributed by atoms with Crippen LogP contribution in [0.1, 0.15) is 31.9 Å². The van der Waals surface area contributed by atoms with Gasteiger partial charge in [-0.1, -0.05) is 19.1 Å². The molecular weight excluding hydrogens is 234 g/mol. The van der Waals surface area contributed by atoms with Crippen molar-refractivity contribution in [2.24, 2.45) is 5.73 Å². The summed E-state index contributed by atoms with van der Waals surface area (Å²) in [6, 6.07) is 5.32. The van der Waals surface area contributed by atoms with Crippen LogP contribution in [0.2, 0.25) is 0 Å². The van der Waals surface area contributed by atoms with Gasteiger partial charge < -0.3 is 11.1 Å². The van der Waals surface area contributed by atoms with Gasteiger partial charge in [-0.05, 0) is 18.9 Å². The van der Waals surface area contributed by atoms with Gasteiger partial charge in [-0.15, -0.1) is 0 Å². The number of nitro groups is 1. The molecule has 0 saturated carbocycles. The maximum atomic E-state index is 11.6. The van der Waals surface area contributed by atoms with Crippen LogP contribution in [0.15, 0.2) is 24.3 Å². The molecule has 1 aromatic carbocycles. The Balaban J connectivity index is 2.78. The number of rotatable bonds is 5. The molecular formula is C12H17N3O3. The van der Waals surface area contributed by atoms with Crippen molar-refractivity contribution < 1.29 is 9.72 Å². The summed E-state index contributed by atoms with van der Waals surface area (Å²) in [5.74, 6) is -0.253. The molecule has 0 aliphatic rings. The average Bonchev–Trinajstić information content (AvgIpc) is 2.37. The first-order valence-electron chi connectivity index (χ1n) is 5.76. The number of hydrogen-bond donors (Lipinski definition) is 2. The molecule has 0 radical (unpaired) electrons. The predicted molar refractivity (Wildman–Crippen MR) is 67.9 cm³/mol. The summed E-state index contributed by atoms with van der Waals surface area (Å²) in [5.41, 5.74) is 6.29. The highest BCUT2D eigenvalue weighted by molar-refractivity contribution is 5.81. The standard InChI is InChI=1S/C12H17N3O3/c1-3-11(13)12(16)14-8(2)9-5-4-6-10(7-9)15(17)18/h4-8,11H,3,13H2,1-2H3,(H,14,16)/t8?,11-/m0/s1. The van der Waals surface area contributed by atoms with Gasteiger partial charge in [0, 0.05) is 12.1 Å². The second-order valence-electron chi connectivity index (χ2n) is 4.10. The lowest BCUT2D eigenvalue weighted by Gasteiger charge is -2.16. The van der Waals surface area contributed by atoms with E-state index < -0.39 is 11.0 Å². The minimum Gasteiger partial charge on any atom is -0.348 e. The van der Waals surface area contributed by atoms with Gasteiger partial charge >= 0.3 is 0 Å². The summed E-state index contributed by atoms with van der Waals surface area (Å²) >= 11 is 0. The molecule has 2 atom stereocenters. The summed E-state index contributed by atoms with van der Waals surface area (Å²) in [4.78, 5) is 21.8. The van der Waals surface area contributed by atoms with Crippen LogP contribution in [0.5, 0.6) is 0 Å². The largest absolute Gasteiger partial charge is 0.348 e. The number of carbonyl (C=O) groups excluding carboxylic acids is 1. The zero-order valence-electron chi connectivity index (χ0n) is 10.4. The number of nitrogens with one attached hydrogen (secondary N) is 1. The second kappa shape index (κ2) is 6.11. The first kappa shape index (κ1) is 14.1. The lowest BCUT2D eigenvalue weighted by atomic mass is 10.1. The fraction of sp³-hybridized carbons (Fsp3) is 0.417. The van der Waals surface area contributed by atoms with Crippen LogP contribution < -0.4 is 11.1 Å². The Morgan fingerprint density at radius 2 is 2.22 bits per heavy atom. The molecule has 0 spiro atoms. The number of non-ortho nitro benzene ring substituents is 1. The van der Waals surface area contributed by atoms with Crippen molar-refractivity contribution in [1.82, 2.24) is 5.32 Å². The van der Waals surface area contributed by atoms with Crippen LogP contribution in [-0.4, -0.2) is 16.9 Å². The normalized spacial score (nSPS) is 13.7. The molecule has 0 fully saturated rings. The Labute approximate surface area is 105 Å². The second-order valence-corrected chi connectivity index (χ2v) is 4.10. The number of carbonyl (C=O) groups is 1. The third-order valence-electron chi connectivity index (χ3n) is 2.72. The average molecular weight is 251 g/mol. The monoisotopic (exact) mass is 251 g/mol. The van der Waals surface area contributed by atoms with E-state index in [2.05, 4.69) is 5.32 Å². The third-order valence-corrected chi connectivity index (χ3v) is 2.72. The first-order valence-corrected chi connectivity index (χ1v) is 5.76. The SMILES string of the molecule is CC[C@H](N)C(=O)NC(C)c1cccc([N+](=O)[O-])c1. The van der Waals surface area contributed by atoms with Crippen molar-refractivity contribution in [3.8, 4) is 0 Å². The van der Waals surface area contributed by atoms with Gasteiger partial charge in [0.25, 0.3) is 5.69 Å². The van der Waals surface area contributed by atoms with Crippen molar-refractivity contribution in [2.75, 3.05) is 0 Å². The maximum Gasteiger partial charge on any atom is 0.269 e. The van der Waals surface area contributed by atoms with E-state index in [1.54, 1.807) is 19.1 Å². The zero-order valence-corrected chi connectivity index (χ0v) is 10.4. The summed E-state index contributed by atoms with van der Waals surface area (Å²) in [5, 5.41) is 13.4. The number of amides is 1. The van der Waals surface area contributed by atoms with E-state index in [9.17, 15) is 14.9 Å². The minimum absolute atomic E-state index is 0.00777. The summed E-state index contributed by atoms with van der Waals surface area (Å²) in [7, 11) is 0. The van der Waals surface area contributed by atoms with Crippen molar-refractivity contribution in [3.05, 3.63) is 39.9 Å². The van der Waals surface area contributed by atoms with Gasteiger partial charge in [0.2, 0.25) is 5.91 Å². The summed E-state index contributed by atoms with van der Waals surface area (Å²) in [6.07, 6.45) is 0.549. The molecule has 1 unspecified atom stereocenters. The topological polar surface area (TPSA) is 98.3 Å². The van der Waals surface area contributed by atoms with E-state index in [0.717, 1.165) is 0 Å². The first-order chi connectivity index (χ1) is 8.45. The zero-order chi connectivity index (χ0) is 13.7. The maximum absolute atomic E-state index is 11.6. The van der Waals surface area contributed by atoms with Crippen LogP contribution >= 0.6 is 0 Å². The molecule has 0 bridgehead atoms. The van der Waals surface area contributed by atoms with Crippen LogP contribution in [0.4, 0.5) is 5.69 Å². The molecule has 0 heterocycles. The Bertz CT molecular complexity index is 448. The molecule has 0 aromatic heterocycles. The fourth-order valence-corrected chi connectivity index (χ4v) is 1.50. The van der Waals surface area contributed by atoms with E-state index in [1.165, 1.54) is 12.1 Å². The van der Waals surface area contributed by atoms with Gasteiger partial charge in [-0.25, -0.2) is 0 Å². The molecule has 0 saturated heterocycles. The lowest BCUT2D eigenvalue weighted by molar-refractivity contribution is -0.384. The van der Waals surface area contributed by atoms with Crippen molar-refractivity contribution in [2.45, 2.75) is 32.4 Å². The van der Waals surface area contributed by atoms with Crippen LogP contribution in [-0.2, 0) is 4.79 Å². The summed E-state index contributed by atoms with van der Waals surface area (Å²) < 4.78 is 0. The number of nitrogens with zero attached hydrogens (tertiary/aromatic N) is 1. The van der Waals surface area contributed by atoms with Gasteiger partial charge in [-0.2, -0.15) is 0 Å². The number of nitrogens with two attached hydrogens (primary N) is 1. The third kappa shape index (κ3) is 3.53. The Kier molecular flexibility index (Phi) is 4.79. The molecule has 3 N–H and O–H groups in total. The Morgan fingerprint density at radius 3 is 2.78 bits per heavy atom. The number of nitro benzene ring substituents is 1. The summed E-state index contributed by atoms with van der Waals surface area (Å²) in [6.45, 7) is 3.58. The molecule has 98 valence electrons. The van der Waals surface area contributed by atoms with Crippen LogP contribution in [0.25, 0.3) is 0 Å². The highest BCUT2D eigenvalue weighted by Crippen LogP contribution is 2.18. The van der Waals surface area contributed by atoms with Gasteiger partial charge in [0.15, 0.2) is 0 Å². The van der Waals surface area contributed by atoms with Gasteiger partial charge in [0.05, 0.1) is 17.0 Å². The van der Waals surface area contributed by atoms with E-state index in [-0.39, 0.29) is 17.6 Å². The predicted octanol–water partition coefficient (Wildman–Crippen LogP) is 1.51. The van der Waals surface area contributed by atoms with Crippen molar-refractivity contribution >= 4 is 11.6 Å². The molecule has 1 rings (SSSR count). The van der Waals surface area contributed by atoms with Gasteiger partial charge in [0.1, 0.15) is 0 Å². The van der Waals surface area contributed by atoms with Crippen molar-refractivity contribution in [1.29, 1.82) is 0 Å². The molecule has 1 aromatic rings. The number of benzene rings is 1. The molecule has 1 amide bonds. The number of hydrogen-bond acceptors (Lipinski definition) is 4. The van der Waals surface area contributed by atoms with Gasteiger partial charge in [-0.3, -0.25) is 14.9 Å². The molecule has 6 heteroatoms. The molecule has 18 heavy (non-hydrogen) atoms. The smallest absolute Gasteiger partial charge is 0.269 e. The lowest BCUT2D eigenvalue weighted by Crippen LogP contribution is -2.41. The van der Waals surface area contributed by atoms with Crippen molar-refractivity contribution in [3.63, 3.8) is 0 Å². The highest BCUT2D eigenvalue weighted by Gasteiger charge is 2.16. The Morgan fingerprint density at radius 1 is 1.56 bits per heavy atom. The van der Waals surface area contributed by atoms with E-state index >= 15 is 0 Å². The van der Waals surface area contributed by atoms with E-state index in [4.69, 9.17) is 5.73 Å².